The average molecular weight is 212 g/mol. The Kier molecular flexibility index (Phi) is 13.4. The number of hydrogen-bond acceptors (Lipinski definition) is 0. The average Bonchev–Trinajstić information content (AvgIpc) is 2.21. The summed E-state index contributed by atoms with van der Waals surface area (Å²) in [5.41, 5.74) is 0. The molecule has 2 radical (unpaired) electrons. The summed E-state index contributed by atoms with van der Waals surface area (Å²) in [4.78, 5) is 0. The quantitative estimate of drug-likeness (QED) is 0.331. The number of hydrogen-bond donors (Lipinski definition) is 0. The molecule has 0 atom stereocenters. The van der Waals surface area contributed by atoms with Crippen molar-refractivity contribution in [3.63, 3.8) is 0 Å². The Morgan fingerprint density at radius 1 is 0.643 bits per heavy atom. The Balaban J connectivity index is 2.78. The second kappa shape index (κ2) is 13.2. The van der Waals surface area contributed by atoms with E-state index in [0.717, 1.165) is 0 Å². The van der Waals surface area contributed by atoms with Crippen LogP contribution in [0.25, 0.3) is 0 Å². The molecule has 0 saturated carbocycles. The first-order valence-electron chi connectivity index (χ1n) is 6.56. The van der Waals surface area contributed by atoms with Gasteiger partial charge in [0.15, 0.2) is 0 Å². The smallest absolute Gasteiger partial charge is 0.0342 e. The molecule has 0 N–H and O–H groups in total. The molecule has 0 bridgehead atoms. The second-order valence-corrected chi connectivity index (χ2v) is 5.49. The maximum Gasteiger partial charge on any atom is 0.0342 e. The molecule has 0 heterocycles. The molecule has 0 aliphatic carbocycles. The maximum absolute atomic E-state index is 2.31. The zero-order valence-electron chi connectivity index (χ0n) is 10.3. The van der Waals surface area contributed by atoms with Crippen LogP contribution >= 0.6 is 0 Å². The highest BCUT2D eigenvalue weighted by Crippen LogP contribution is 2.10. The monoisotopic (exact) mass is 212 g/mol. The molecule has 0 fully saturated rings. The molecule has 84 valence electrons. The summed E-state index contributed by atoms with van der Waals surface area (Å²) in [6.07, 6.45) is 14.7. The summed E-state index contributed by atoms with van der Waals surface area (Å²) in [5.74, 6) is 0. The Bertz CT molecular complexity index is 79.2. The van der Waals surface area contributed by atoms with E-state index in [-0.39, 0.29) is 0 Å². The lowest BCUT2D eigenvalue weighted by Gasteiger charge is -2.01. The third-order valence-corrected chi connectivity index (χ3v) is 3.63. The van der Waals surface area contributed by atoms with Crippen molar-refractivity contribution in [1.82, 2.24) is 0 Å². The van der Waals surface area contributed by atoms with Gasteiger partial charge in [-0.2, -0.15) is 0 Å². The summed E-state index contributed by atoms with van der Waals surface area (Å²) in [6, 6.07) is 1.47. The minimum Gasteiger partial charge on any atom is -0.0733 e. The number of unbranched alkanes of at least 4 members (excludes halogenated alkanes) is 9. The molecule has 0 amide bonds. The summed E-state index contributed by atoms with van der Waals surface area (Å²) < 4.78 is 0. The minimum atomic E-state index is 1.17. The van der Waals surface area contributed by atoms with Gasteiger partial charge in [-0.15, -0.1) is 0 Å². The highest BCUT2D eigenvalue weighted by Gasteiger charge is 1.91. The number of rotatable bonds is 11. The zero-order valence-corrected chi connectivity index (χ0v) is 11.3. The van der Waals surface area contributed by atoms with Gasteiger partial charge in [-0.1, -0.05) is 83.7 Å². The Morgan fingerprint density at radius 2 is 1.07 bits per heavy atom. The maximum atomic E-state index is 2.31. The van der Waals surface area contributed by atoms with Crippen LogP contribution in [0.4, 0.5) is 0 Å². The molecule has 0 aliphatic rings. The molecular formula is C13H28Si. The van der Waals surface area contributed by atoms with Crippen LogP contribution in [0.3, 0.4) is 0 Å². The van der Waals surface area contributed by atoms with Gasteiger partial charge in [0.2, 0.25) is 0 Å². The fourth-order valence-corrected chi connectivity index (χ4v) is 2.39. The first kappa shape index (κ1) is 14.2. The highest BCUT2D eigenvalue weighted by atomic mass is 28.2. The molecule has 0 aromatic heterocycles. The topological polar surface area (TPSA) is 0 Å². The fraction of sp³-hybridized carbons (Fsp3) is 1.00. The van der Waals surface area contributed by atoms with E-state index in [1.807, 2.05) is 0 Å². The standard InChI is InChI=1S/C13H28Si/c1-3-4-5-6-7-8-9-10-11-12-13-14-2/h3-13H2,1-2H3. The Labute approximate surface area is 93.7 Å². The van der Waals surface area contributed by atoms with E-state index in [4.69, 9.17) is 0 Å². The van der Waals surface area contributed by atoms with E-state index in [1.54, 1.807) is 0 Å². The minimum absolute atomic E-state index is 1.17. The van der Waals surface area contributed by atoms with E-state index in [0.29, 0.717) is 0 Å². The molecule has 1 heteroatoms. The van der Waals surface area contributed by atoms with Crippen molar-refractivity contribution in [3.05, 3.63) is 0 Å². The van der Waals surface area contributed by atoms with Gasteiger partial charge in [0.1, 0.15) is 0 Å². The van der Waals surface area contributed by atoms with Crippen molar-refractivity contribution < 1.29 is 0 Å². The van der Waals surface area contributed by atoms with Crippen LogP contribution in [-0.2, 0) is 0 Å². The summed E-state index contributed by atoms with van der Waals surface area (Å²) in [5, 5.41) is 0. The van der Waals surface area contributed by atoms with Gasteiger partial charge < -0.3 is 0 Å². The Hall–Kier alpha value is 0.217. The van der Waals surface area contributed by atoms with Gasteiger partial charge in [-0.05, 0) is 0 Å². The largest absolute Gasteiger partial charge is 0.0733 e. The van der Waals surface area contributed by atoms with Crippen LogP contribution < -0.4 is 0 Å². The van der Waals surface area contributed by atoms with E-state index in [2.05, 4.69) is 13.5 Å². The molecule has 14 heavy (non-hydrogen) atoms. The van der Waals surface area contributed by atoms with Crippen molar-refractivity contribution in [2.24, 2.45) is 0 Å². The van der Waals surface area contributed by atoms with Crippen LogP contribution in [0, 0.1) is 0 Å². The van der Waals surface area contributed by atoms with Crippen LogP contribution in [0.15, 0.2) is 0 Å². The van der Waals surface area contributed by atoms with Gasteiger partial charge in [-0.3, -0.25) is 0 Å². The lowest BCUT2D eigenvalue weighted by molar-refractivity contribution is 0.562. The predicted molar refractivity (Wildman–Crippen MR) is 68.3 cm³/mol. The van der Waals surface area contributed by atoms with E-state index >= 15 is 0 Å². The van der Waals surface area contributed by atoms with Gasteiger partial charge in [0.25, 0.3) is 0 Å². The fourth-order valence-electron chi connectivity index (χ4n) is 1.79. The van der Waals surface area contributed by atoms with E-state index in [9.17, 15) is 0 Å². The van der Waals surface area contributed by atoms with Gasteiger partial charge in [0.05, 0.1) is 0 Å². The molecule has 0 spiro atoms. The van der Waals surface area contributed by atoms with Crippen LogP contribution in [-0.4, -0.2) is 9.52 Å². The van der Waals surface area contributed by atoms with Crippen molar-refractivity contribution in [2.75, 3.05) is 0 Å². The van der Waals surface area contributed by atoms with Gasteiger partial charge in [0, 0.05) is 9.52 Å². The van der Waals surface area contributed by atoms with Crippen LogP contribution in [0.1, 0.15) is 71.1 Å². The molecule has 0 aliphatic heterocycles. The summed E-state index contributed by atoms with van der Waals surface area (Å²) >= 11 is 0. The first-order valence-corrected chi connectivity index (χ1v) is 8.27. The lowest BCUT2D eigenvalue weighted by atomic mass is 10.1. The Morgan fingerprint density at radius 3 is 1.50 bits per heavy atom. The lowest BCUT2D eigenvalue weighted by Crippen LogP contribution is -1.83. The van der Waals surface area contributed by atoms with Crippen molar-refractivity contribution in [2.45, 2.75) is 83.7 Å². The van der Waals surface area contributed by atoms with Crippen molar-refractivity contribution in [1.29, 1.82) is 0 Å². The molecule has 0 rings (SSSR count). The third-order valence-electron chi connectivity index (χ3n) is 2.78. The van der Waals surface area contributed by atoms with Crippen LogP contribution in [0.2, 0.25) is 12.6 Å². The molecule has 0 aromatic carbocycles. The summed E-state index contributed by atoms with van der Waals surface area (Å²) in [6.45, 7) is 4.60. The van der Waals surface area contributed by atoms with Crippen molar-refractivity contribution in [3.8, 4) is 0 Å². The van der Waals surface area contributed by atoms with E-state index in [1.165, 1.54) is 79.8 Å². The predicted octanol–water partition coefficient (Wildman–Crippen LogP) is 5.08. The SMILES string of the molecule is CCCCCCCCCCCC[Si]C. The molecule has 0 saturated heterocycles. The molecule has 0 aromatic rings. The molecule has 0 nitrogen and oxygen atoms in total. The normalized spacial score (nSPS) is 10.7. The van der Waals surface area contributed by atoms with Gasteiger partial charge in [-0.25, -0.2) is 0 Å². The zero-order chi connectivity index (χ0) is 10.5. The highest BCUT2D eigenvalue weighted by molar-refractivity contribution is 6.33. The molecule has 0 unspecified atom stereocenters. The van der Waals surface area contributed by atoms with Gasteiger partial charge >= 0.3 is 0 Å². The van der Waals surface area contributed by atoms with Crippen molar-refractivity contribution >= 4 is 9.52 Å². The van der Waals surface area contributed by atoms with Crippen LogP contribution in [0.5, 0.6) is 0 Å². The van der Waals surface area contributed by atoms with E-state index < -0.39 is 0 Å². The molecular weight excluding hydrogens is 184 g/mol. The first-order chi connectivity index (χ1) is 6.91. The second-order valence-electron chi connectivity index (χ2n) is 4.29. The third kappa shape index (κ3) is 12.2. The summed E-state index contributed by atoms with van der Waals surface area (Å²) in [7, 11) is 1.17.